The molecule has 0 bridgehead atoms. The van der Waals surface area contributed by atoms with Gasteiger partial charge in [-0.15, -0.1) is 0 Å². The van der Waals surface area contributed by atoms with Crippen molar-refractivity contribution < 1.29 is 8.78 Å². The number of likely N-dealkylation sites (tertiary alicyclic amines) is 1. The topological polar surface area (TPSA) is 39.7 Å². The lowest BCUT2D eigenvalue weighted by Gasteiger charge is -2.22. The highest BCUT2D eigenvalue weighted by Crippen LogP contribution is 2.18. The van der Waals surface area contributed by atoms with Gasteiger partial charge in [-0.05, 0) is 56.9 Å². The second-order valence-electron chi connectivity index (χ2n) is 7.02. The number of halogens is 2. The summed E-state index contributed by atoms with van der Waals surface area (Å²) < 4.78 is 26.9. The Hall–Kier alpha value is -1.69. The predicted molar refractivity (Wildman–Crippen MR) is 98.8 cm³/mol. The highest BCUT2D eigenvalue weighted by atomic mass is 19.1. The van der Waals surface area contributed by atoms with E-state index in [0.29, 0.717) is 36.5 Å². The molecule has 0 saturated carbocycles. The number of hydrogen-bond acceptors (Lipinski definition) is 2. The van der Waals surface area contributed by atoms with Gasteiger partial charge < -0.3 is 10.6 Å². The van der Waals surface area contributed by atoms with Crippen LogP contribution in [0.25, 0.3) is 0 Å². The lowest BCUT2D eigenvalue weighted by molar-refractivity contribution is 0.265. The molecule has 2 N–H and O–H groups in total. The third kappa shape index (κ3) is 5.66. The first-order valence-corrected chi connectivity index (χ1v) is 9.13. The minimum atomic E-state index is -0.418. The summed E-state index contributed by atoms with van der Waals surface area (Å²) in [5.74, 6) is 0.471. The molecule has 1 saturated heterocycles. The summed E-state index contributed by atoms with van der Waals surface area (Å²) in [6.45, 7) is 11.9. The van der Waals surface area contributed by atoms with Gasteiger partial charge in [-0.25, -0.2) is 8.78 Å². The summed E-state index contributed by atoms with van der Waals surface area (Å²) in [5.41, 5.74) is 0.361. The molecule has 1 aromatic rings. The molecule has 0 radical (unpaired) electrons. The van der Waals surface area contributed by atoms with Crippen LogP contribution >= 0.6 is 0 Å². The van der Waals surface area contributed by atoms with Gasteiger partial charge in [-0.3, -0.25) is 9.89 Å². The maximum absolute atomic E-state index is 13.7. The van der Waals surface area contributed by atoms with Crippen LogP contribution in [0.4, 0.5) is 8.78 Å². The van der Waals surface area contributed by atoms with Gasteiger partial charge in [0.25, 0.3) is 0 Å². The molecule has 4 nitrogen and oxygen atoms in total. The van der Waals surface area contributed by atoms with Crippen molar-refractivity contribution >= 4 is 5.96 Å². The molecular formula is C19H30F2N4. The first kappa shape index (κ1) is 19.6. The number of hydrogen-bond donors (Lipinski definition) is 2. The summed E-state index contributed by atoms with van der Waals surface area (Å²) in [5, 5.41) is 6.73. The fourth-order valence-electron chi connectivity index (χ4n) is 3.13. The quantitative estimate of drug-likeness (QED) is 0.611. The standard InChI is InChI=1S/C19H30F2N4/c1-5-22-19(24-18-12-25(13(2)3)11-14(18)4)23-9-8-15-10-16(20)6-7-17(15)21/h6-7,10,13-14,18H,5,8-9,11-12H2,1-4H3,(H2,22,23,24). The van der Waals surface area contributed by atoms with Crippen LogP contribution in [0, 0.1) is 17.6 Å². The van der Waals surface area contributed by atoms with Crippen molar-refractivity contribution in [2.45, 2.75) is 46.2 Å². The van der Waals surface area contributed by atoms with Crippen LogP contribution in [-0.4, -0.2) is 49.1 Å². The predicted octanol–water partition coefficient (Wildman–Crippen LogP) is 2.79. The van der Waals surface area contributed by atoms with Gasteiger partial charge in [0.15, 0.2) is 5.96 Å². The highest BCUT2D eigenvalue weighted by Gasteiger charge is 2.31. The highest BCUT2D eigenvalue weighted by molar-refractivity contribution is 5.80. The Morgan fingerprint density at radius 1 is 1.32 bits per heavy atom. The second-order valence-corrected chi connectivity index (χ2v) is 7.02. The average Bonchev–Trinajstić information content (AvgIpc) is 2.92. The van der Waals surface area contributed by atoms with E-state index in [0.717, 1.165) is 31.7 Å². The number of guanidine groups is 1. The Kier molecular flexibility index (Phi) is 7.17. The van der Waals surface area contributed by atoms with Crippen molar-refractivity contribution in [1.29, 1.82) is 0 Å². The maximum atomic E-state index is 13.7. The molecule has 25 heavy (non-hydrogen) atoms. The van der Waals surface area contributed by atoms with E-state index >= 15 is 0 Å². The number of nitrogens with one attached hydrogen (secondary N) is 2. The number of rotatable bonds is 6. The van der Waals surface area contributed by atoms with Crippen LogP contribution in [-0.2, 0) is 6.42 Å². The van der Waals surface area contributed by atoms with Gasteiger partial charge in [0, 0.05) is 38.3 Å². The normalized spacial score (nSPS) is 21.8. The van der Waals surface area contributed by atoms with E-state index in [1.807, 2.05) is 6.92 Å². The molecule has 6 heteroatoms. The first-order valence-electron chi connectivity index (χ1n) is 9.13. The van der Waals surface area contributed by atoms with Crippen molar-refractivity contribution in [3.05, 3.63) is 35.4 Å². The van der Waals surface area contributed by atoms with Crippen LogP contribution in [0.1, 0.15) is 33.3 Å². The largest absolute Gasteiger partial charge is 0.357 e. The molecule has 0 aliphatic carbocycles. The SMILES string of the molecule is CCNC(=NCCc1cc(F)ccc1F)NC1CN(C(C)C)CC1C. The van der Waals surface area contributed by atoms with Gasteiger partial charge >= 0.3 is 0 Å². The number of benzene rings is 1. The molecule has 0 aromatic heterocycles. The van der Waals surface area contributed by atoms with Crippen LogP contribution in [0.5, 0.6) is 0 Å². The molecule has 1 aliphatic heterocycles. The van der Waals surface area contributed by atoms with E-state index in [9.17, 15) is 8.78 Å². The molecule has 1 aromatic carbocycles. The Morgan fingerprint density at radius 3 is 2.72 bits per heavy atom. The lowest BCUT2D eigenvalue weighted by Crippen LogP contribution is -2.47. The molecule has 0 amide bonds. The van der Waals surface area contributed by atoms with Crippen molar-refractivity contribution in [2.24, 2.45) is 10.9 Å². The van der Waals surface area contributed by atoms with Crippen LogP contribution in [0.3, 0.4) is 0 Å². The zero-order valence-electron chi connectivity index (χ0n) is 15.6. The molecule has 2 rings (SSSR count). The Labute approximate surface area is 149 Å². The minimum absolute atomic E-state index is 0.339. The molecule has 0 spiro atoms. The Morgan fingerprint density at radius 2 is 2.08 bits per heavy atom. The third-order valence-electron chi connectivity index (χ3n) is 4.70. The van der Waals surface area contributed by atoms with Gasteiger partial charge in [0.1, 0.15) is 11.6 Å². The van der Waals surface area contributed by atoms with E-state index in [2.05, 4.69) is 41.3 Å². The number of nitrogens with zero attached hydrogens (tertiary/aromatic N) is 2. The van der Waals surface area contributed by atoms with Gasteiger partial charge in [-0.2, -0.15) is 0 Å². The summed E-state index contributed by atoms with van der Waals surface area (Å²) in [6.07, 6.45) is 0.374. The minimum Gasteiger partial charge on any atom is -0.357 e. The molecular weight excluding hydrogens is 322 g/mol. The molecule has 140 valence electrons. The summed E-state index contributed by atoms with van der Waals surface area (Å²) in [4.78, 5) is 6.99. The monoisotopic (exact) mass is 352 g/mol. The summed E-state index contributed by atoms with van der Waals surface area (Å²) in [7, 11) is 0. The fourth-order valence-corrected chi connectivity index (χ4v) is 3.13. The zero-order chi connectivity index (χ0) is 18.4. The van der Waals surface area contributed by atoms with Gasteiger partial charge in [0.05, 0.1) is 0 Å². The fraction of sp³-hybridized carbons (Fsp3) is 0.632. The second kappa shape index (κ2) is 9.13. The Balaban J connectivity index is 1.95. The van der Waals surface area contributed by atoms with Crippen molar-refractivity contribution in [1.82, 2.24) is 15.5 Å². The molecule has 1 fully saturated rings. The van der Waals surface area contributed by atoms with E-state index < -0.39 is 5.82 Å². The first-order chi connectivity index (χ1) is 11.9. The molecule has 1 aliphatic rings. The van der Waals surface area contributed by atoms with Crippen LogP contribution in [0.15, 0.2) is 23.2 Å². The van der Waals surface area contributed by atoms with Crippen molar-refractivity contribution in [3.63, 3.8) is 0 Å². The molecule has 2 unspecified atom stereocenters. The van der Waals surface area contributed by atoms with E-state index in [1.54, 1.807) is 0 Å². The summed E-state index contributed by atoms with van der Waals surface area (Å²) in [6, 6.07) is 4.41. The maximum Gasteiger partial charge on any atom is 0.191 e. The van der Waals surface area contributed by atoms with E-state index in [4.69, 9.17) is 0 Å². The Bertz CT molecular complexity index is 589. The zero-order valence-corrected chi connectivity index (χ0v) is 15.6. The van der Waals surface area contributed by atoms with Gasteiger partial charge in [0.2, 0.25) is 0 Å². The molecule has 2 atom stereocenters. The van der Waals surface area contributed by atoms with Crippen molar-refractivity contribution in [3.8, 4) is 0 Å². The van der Waals surface area contributed by atoms with E-state index in [1.165, 1.54) is 12.1 Å². The smallest absolute Gasteiger partial charge is 0.191 e. The van der Waals surface area contributed by atoms with Crippen LogP contribution in [0.2, 0.25) is 0 Å². The average molecular weight is 352 g/mol. The summed E-state index contributed by atoms with van der Waals surface area (Å²) >= 11 is 0. The van der Waals surface area contributed by atoms with Gasteiger partial charge in [-0.1, -0.05) is 6.92 Å². The number of aliphatic imine (C=N–C) groups is 1. The lowest BCUT2D eigenvalue weighted by atomic mass is 10.1. The van der Waals surface area contributed by atoms with Crippen LogP contribution < -0.4 is 10.6 Å². The third-order valence-corrected chi connectivity index (χ3v) is 4.70. The van der Waals surface area contributed by atoms with Crippen molar-refractivity contribution in [2.75, 3.05) is 26.2 Å². The van der Waals surface area contributed by atoms with E-state index in [-0.39, 0.29) is 5.82 Å². The molecule has 1 heterocycles.